The number of carbonyl (C=O) groups excluding carboxylic acids is 1. The molecule has 0 atom stereocenters. The molecule has 56 heavy (non-hydrogen) atoms. The van der Waals surface area contributed by atoms with E-state index in [0.717, 1.165) is 64.7 Å². The first-order valence-corrected chi connectivity index (χ1v) is 22.3. The van der Waals surface area contributed by atoms with E-state index in [1.54, 1.807) is 0 Å². The molecule has 0 aliphatic carbocycles. The summed E-state index contributed by atoms with van der Waals surface area (Å²) in [6.45, 7) is 16.8. The summed E-state index contributed by atoms with van der Waals surface area (Å²) in [5.74, 6) is 4.35. The van der Waals surface area contributed by atoms with Crippen LogP contribution in [0.3, 0.4) is 0 Å². The highest BCUT2D eigenvalue weighted by Crippen LogP contribution is 2.27. The van der Waals surface area contributed by atoms with Gasteiger partial charge in [-0.25, -0.2) is 4.79 Å². The molecule has 0 unspecified atom stereocenters. The largest absolute Gasteiger partial charge is 0.489 e. The molecule has 0 saturated carbocycles. The Balaban J connectivity index is 0.000000264. The summed E-state index contributed by atoms with van der Waals surface area (Å²) >= 11 is 10.1. The molecule has 1 N–H and O–H groups in total. The lowest BCUT2D eigenvalue weighted by atomic mass is 10.1. The molecule has 1 amide bonds. The number of unbranched alkanes of at least 4 members (excludes halogenated alkanes) is 2. The third-order valence-corrected chi connectivity index (χ3v) is 10.7. The molecule has 0 aliphatic heterocycles. The number of aryl methyl sites for hydroxylation is 2. The van der Waals surface area contributed by atoms with Gasteiger partial charge in [0.2, 0.25) is 0 Å². The zero-order chi connectivity index (χ0) is 40.9. The van der Waals surface area contributed by atoms with Crippen LogP contribution in [0.25, 0.3) is 0 Å². The molecule has 5 aromatic rings. The van der Waals surface area contributed by atoms with Crippen molar-refractivity contribution in [2.75, 3.05) is 12.3 Å². The van der Waals surface area contributed by atoms with Crippen LogP contribution >= 0.6 is 35.1 Å². The lowest BCUT2D eigenvalue weighted by Crippen LogP contribution is -2.25. The quantitative estimate of drug-likeness (QED) is 0.107. The Labute approximate surface area is 352 Å². The third-order valence-electron chi connectivity index (χ3n) is 8.03. The number of nitrogens with one attached hydrogen (secondary N) is 1. The van der Waals surface area contributed by atoms with Crippen LogP contribution < -0.4 is 10.1 Å². The van der Waals surface area contributed by atoms with Crippen molar-refractivity contribution < 1.29 is 14.3 Å². The number of hydrogen-bond donors (Lipinski definition) is 1. The van der Waals surface area contributed by atoms with E-state index < -0.39 is 0 Å². The maximum Gasteiger partial charge on any atom is 0.407 e. The molecule has 0 spiro atoms. The van der Waals surface area contributed by atoms with Crippen LogP contribution in [0.1, 0.15) is 94.2 Å². The Kier molecular flexibility index (Phi) is 25.4. The average molecular weight is 815 g/mol. The smallest absolute Gasteiger partial charge is 0.407 e. The Hall–Kier alpha value is -3.84. The molecule has 5 aromatic carbocycles. The number of ether oxygens (including phenoxy) is 2. The summed E-state index contributed by atoms with van der Waals surface area (Å²) < 4.78 is 11.2. The van der Waals surface area contributed by atoms with E-state index in [1.165, 1.54) is 22.4 Å². The van der Waals surface area contributed by atoms with Gasteiger partial charge in [-0.2, -0.15) is 23.5 Å². The fourth-order valence-corrected chi connectivity index (χ4v) is 6.47. The SMILES string of the molecule is CC(C)(C)SCc1ccccc1.CCCCCNC(=O)OCc1ccccc1.CCSCc1ccccc1.CCc1ccc(OCc2ccc(C)cc2Cl)cc1. The number of rotatable bonds is 15. The zero-order valence-electron chi connectivity index (χ0n) is 34.7. The monoisotopic (exact) mass is 813 g/mol. The fraction of sp³-hybridized carbons (Fsp3) is 0.367. The first-order valence-electron chi connectivity index (χ1n) is 19.7. The minimum Gasteiger partial charge on any atom is -0.489 e. The maximum absolute atomic E-state index is 11.2. The molecule has 7 heteroatoms. The van der Waals surface area contributed by atoms with Crippen molar-refractivity contribution in [1.82, 2.24) is 5.32 Å². The van der Waals surface area contributed by atoms with Crippen molar-refractivity contribution in [3.8, 4) is 5.75 Å². The van der Waals surface area contributed by atoms with Crippen LogP contribution in [0, 0.1) is 6.92 Å². The second-order valence-electron chi connectivity index (χ2n) is 14.1. The number of alkyl carbamates (subject to hydrolysis) is 1. The summed E-state index contributed by atoms with van der Waals surface area (Å²) in [5, 5.41) is 3.49. The summed E-state index contributed by atoms with van der Waals surface area (Å²) in [4.78, 5) is 11.2. The molecule has 302 valence electrons. The molecular formula is C49H64ClNO3S2. The molecule has 4 nitrogen and oxygen atoms in total. The van der Waals surface area contributed by atoms with Crippen LogP contribution in [-0.2, 0) is 35.9 Å². The van der Waals surface area contributed by atoms with Gasteiger partial charge in [0.1, 0.15) is 19.0 Å². The predicted octanol–water partition coefficient (Wildman–Crippen LogP) is 14.6. The molecule has 0 fully saturated rings. The fourth-order valence-electron chi connectivity index (χ4n) is 4.76. The van der Waals surface area contributed by atoms with E-state index in [9.17, 15) is 4.79 Å². The predicted molar refractivity (Wildman–Crippen MR) is 246 cm³/mol. The Morgan fingerprint density at radius 3 is 1.77 bits per heavy atom. The van der Waals surface area contributed by atoms with E-state index in [4.69, 9.17) is 21.1 Å². The lowest BCUT2D eigenvalue weighted by Gasteiger charge is -2.17. The van der Waals surface area contributed by atoms with Gasteiger partial charge in [0.05, 0.1) is 0 Å². The number of benzene rings is 5. The van der Waals surface area contributed by atoms with Crippen molar-refractivity contribution >= 4 is 41.2 Å². The Morgan fingerprint density at radius 1 is 0.679 bits per heavy atom. The summed E-state index contributed by atoms with van der Waals surface area (Å²) in [7, 11) is 0. The average Bonchev–Trinajstić information content (AvgIpc) is 3.21. The van der Waals surface area contributed by atoms with Crippen LogP contribution in [0.2, 0.25) is 5.02 Å². The van der Waals surface area contributed by atoms with Gasteiger partial charge >= 0.3 is 6.09 Å². The number of hydrogen-bond acceptors (Lipinski definition) is 5. The van der Waals surface area contributed by atoms with Crippen molar-refractivity contribution in [1.29, 1.82) is 0 Å². The highest BCUT2D eigenvalue weighted by Gasteiger charge is 2.10. The topological polar surface area (TPSA) is 47.6 Å². The minimum atomic E-state index is -0.333. The van der Waals surface area contributed by atoms with Crippen LogP contribution in [0.15, 0.2) is 133 Å². The second kappa shape index (κ2) is 29.4. The Bertz CT molecular complexity index is 1710. The van der Waals surface area contributed by atoms with Crippen molar-refractivity contribution in [2.24, 2.45) is 0 Å². The third kappa shape index (κ3) is 23.9. The van der Waals surface area contributed by atoms with Crippen LogP contribution in [0.5, 0.6) is 5.75 Å². The van der Waals surface area contributed by atoms with Crippen molar-refractivity contribution in [3.05, 3.63) is 172 Å². The molecule has 0 aromatic heterocycles. The van der Waals surface area contributed by atoms with Gasteiger partial charge in [-0.15, -0.1) is 0 Å². The van der Waals surface area contributed by atoms with Gasteiger partial charge < -0.3 is 14.8 Å². The lowest BCUT2D eigenvalue weighted by molar-refractivity contribution is 0.139. The standard InChI is InChI=1S/C16H17ClO.C13H19NO2.C11H16S.C9H12S/c1-3-13-5-8-15(9-6-13)18-11-14-7-4-12(2)10-16(14)17;1-2-3-7-10-14-13(15)16-11-12-8-5-4-6-9-12;1-11(2,3)12-9-10-7-5-4-6-8-10;1-2-10-8-9-6-4-3-5-7-9/h4-10H,3,11H2,1-2H3;4-6,8-9H,2-3,7,10-11H2,1H3,(H,14,15);4-8H,9H2,1-3H3;3-7H,2,8H2,1H3. The van der Waals surface area contributed by atoms with Crippen LogP contribution in [0.4, 0.5) is 4.79 Å². The first kappa shape index (κ1) is 48.3. The molecule has 0 radical (unpaired) electrons. The Morgan fingerprint density at radius 2 is 1.25 bits per heavy atom. The van der Waals surface area contributed by atoms with Crippen LogP contribution in [-0.4, -0.2) is 23.1 Å². The second-order valence-corrected chi connectivity index (χ2v) is 17.6. The number of amides is 1. The van der Waals surface area contributed by atoms with Gasteiger partial charge in [-0.3, -0.25) is 0 Å². The maximum atomic E-state index is 11.2. The van der Waals surface area contributed by atoms with Gasteiger partial charge in [0, 0.05) is 33.4 Å². The van der Waals surface area contributed by atoms with Gasteiger partial charge in [-0.05, 0) is 71.5 Å². The molecular weight excluding hydrogens is 750 g/mol. The van der Waals surface area contributed by atoms with Crippen molar-refractivity contribution in [2.45, 2.75) is 104 Å². The molecule has 5 rings (SSSR count). The molecule has 0 heterocycles. The van der Waals surface area contributed by atoms with Gasteiger partial charge in [0.15, 0.2) is 0 Å². The van der Waals surface area contributed by atoms with E-state index in [0.29, 0.717) is 24.5 Å². The minimum absolute atomic E-state index is 0.333. The number of carbonyl (C=O) groups is 1. The molecule has 0 aliphatic rings. The zero-order valence-corrected chi connectivity index (χ0v) is 37.1. The van der Waals surface area contributed by atoms with E-state index in [-0.39, 0.29) is 6.09 Å². The summed E-state index contributed by atoms with van der Waals surface area (Å²) in [6, 6.07) is 45.0. The van der Waals surface area contributed by atoms with E-state index >= 15 is 0 Å². The first-order chi connectivity index (χ1) is 27.0. The summed E-state index contributed by atoms with van der Waals surface area (Å²) in [6.07, 6.45) is 4.01. The highest BCUT2D eigenvalue weighted by atomic mass is 35.5. The molecule has 0 bridgehead atoms. The summed E-state index contributed by atoms with van der Waals surface area (Å²) in [5.41, 5.74) is 7.34. The number of thioether (sulfide) groups is 2. The van der Waals surface area contributed by atoms with Gasteiger partial charge in [0.25, 0.3) is 0 Å². The highest BCUT2D eigenvalue weighted by molar-refractivity contribution is 7.99. The number of halogens is 1. The van der Waals surface area contributed by atoms with Gasteiger partial charge in [-0.1, -0.05) is 181 Å². The normalized spacial score (nSPS) is 10.4. The van der Waals surface area contributed by atoms with Crippen molar-refractivity contribution in [3.63, 3.8) is 0 Å². The van der Waals surface area contributed by atoms with E-state index in [2.05, 4.69) is 120 Å². The molecule has 0 saturated heterocycles. The van der Waals surface area contributed by atoms with E-state index in [1.807, 2.05) is 91.1 Å².